The van der Waals surface area contributed by atoms with Gasteiger partial charge < -0.3 is 24.7 Å². The number of guanidine groups is 1. The van der Waals surface area contributed by atoms with Crippen LogP contribution in [0.15, 0.2) is 52.1 Å². The monoisotopic (exact) mass is 526 g/mol. The molecule has 1 heterocycles. The van der Waals surface area contributed by atoms with Gasteiger partial charge in [-0.1, -0.05) is 12.1 Å². The van der Waals surface area contributed by atoms with Gasteiger partial charge in [0.15, 0.2) is 11.7 Å². The van der Waals surface area contributed by atoms with Gasteiger partial charge in [0.25, 0.3) is 5.91 Å². The first-order chi connectivity index (χ1) is 14.2. The van der Waals surface area contributed by atoms with E-state index in [-0.39, 0.29) is 35.6 Å². The minimum Gasteiger partial charge on any atom is -0.459 e. The molecule has 1 aliphatic rings. The number of nitrogens with one attached hydrogen (secondary N) is 2. The topological polar surface area (TPSA) is 79.1 Å². The van der Waals surface area contributed by atoms with Gasteiger partial charge in [0.05, 0.1) is 19.4 Å². The van der Waals surface area contributed by atoms with E-state index in [4.69, 9.17) is 14.1 Å². The second kappa shape index (κ2) is 12.6. The molecule has 3 rings (SSSR count). The number of halogens is 1. The fraction of sp³-hybridized carbons (Fsp3) is 0.455. The van der Waals surface area contributed by atoms with Crippen molar-refractivity contribution in [1.82, 2.24) is 10.2 Å². The molecule has 0 spiro atoms. The summed E-state index contributed by atoms with van der Waals surface area (Å²) < 4.78 is 10.8. The largest absolute Gasteiger partial charge is 0.459 e. The molecule has 1 amide bonds. The van der Waals surface area contributed by atoms with E-state index >= 15 is 0 Å². The lowest BCUT2D eigenvalue weighted by Crippen LogP contribution is -2.40. The van der Waals surface area contributed by atoms with E-state index in [0.29, 0.717) is 13.2 Å². The number of hydrogen-bond donors (Lipinski definition) is 2. The Morgan fingerprint density at radius 1 is 1.27 bits per heavy atom. The highest BCUT2D eigenvalue weighted by Crippen LogP contribution is 2.28. The Balaban J connectivity index is 0.00000320. The van der Waals surface area contributed by atoms with Crippen molar-refractivity contribution in [2.45, 2.75) is 26.3 Å². The molecule has 1 aromatic carbocycles. The van der Waals surface area contributed by atoms with Gasteiger partial charge in [-0.3, -0.25) is 4.79 Å². The number of furan rings is 1. The Labute approximate surface area is 195 Å². The Hall–Kier alpha value is -2.07. The molecule has 1 aromatic heterocycles. The van der Waals surface area contributed by atoms with Crippen LogP contribution in [0.5, 0.6) is 0 Å². The molecule has 0 atom stereocenters. The second-order valence-electron chi connectivity index (χ2n) is 7.24. The minimum absolute atomic E-state index is 0. The third-order valence-corrected chi connectivity index (χ3v) is 4.69. The molecule has 30 heavy (non-hydrogen) atoms. The Morgan fingerprint density at radius 2 is 2.03 bits per heavy atom. The Bertz CT molecular complexity index is 789. The zero-order valence-corrected chi connectivity index (χ0v) is 19.9. The summed E-state index contributed by atoms with van der Waals surface area (Å²) in [6, 6.07) is 11.0. The molecule has 8 heteroatoms. The van der Waals surface area contributed by atoms with Crippen molar-refractivity contribution in [2.75, 3.05) is 38.7 Å². The lowest BCUT2D eigenvalue weighted by Gasteiger charge is -2.22. The third-order valence-electron chi connectivity index (χ3n) is 4.69. The van der Waals surface area contributed by atoms with Crippen LogP contribution in [-0.4, -0.2) is 50.1 Å². The van der Waals surface area contributed by atoms with Crippen molar-refractivity contribution in [3.63, 3.8) is 0 Å². The van der Waals surface area contributed by atoms with Crippen LogP contribution >= 0.6 is 24.0 Å². The maximum Gasteiger partial charge on any atom is 0.291 e. The van der Waals surface area contributed by atoms with Crippen LogP contribution in [0.1, 0.15) is 35.9 Å². The van der Waals surface area contributed by atoms with E-state index in [2.05, 4.69) is 22.5 Å². The minimum atomic E-state index is -0.263. The number of aliphatic imine (C=N–C) groups is 1. The number of carbonyl (C=O) groups excluding carboxylic acids is 1. The molecule has 2 aromatic rings. The zero-order valence-electron chi connectivity index (χ0n) is 17.6. The van der Waals surface area contributed by atoms with E-state index in [9.17, 15) is 4.79 Å². The zero-order chi connectivity index (χ0) is 20.5. The fourth-order valence-electron chi connectivity index (χ4n) is 2.77. The summed E-state index contributed by atoms with van der Waals surface area (Å²) in [6.07, 6.45) is 4.10. The standard InChI is InChI=1S/C22H30N4O3.HI/c1-3-23-22(26(2)12-14-28-16-18-6-7-18)24-15-17-8-10-19(11-9-17)25-21(27)20-5-4-13-29-20;/h4-5,8-11,13,18H,3,6-7,12,14-16H2,1-2H3,(H,23,24)(H,25,27);1H. The lowest BCUT2D eigenvalue weighted by molar-refractivity contribution is 0.0996. The second-order valence-corrected chi connectivity index (χ2v) is 7.24. The molecule has 2 N–H and O–H groups in total. The highest BCUT2D eigenvalue weighted by Gasteiger charge is 2.21. The number of amides is 1. The molecule has 0 saturated heterocycles. The van der Waals surface area contributed by atoms with E-state index in [1.807, 2.05) is 31.3 Å². The van der Waals surface area contributed by atoms with Gasteiger partial charge in [-0.05, 0) is 55.5 Å². The SMILES string of the molecule is CCNC(=NCc1ccc(NC(=O)c2ccco2)cc1)N(C)CCOCC1CC1.I. The Kier molecular flexibility index (Phi) is 10.2. The average Bonchev–Trinajstić information content (AvgIpc) is 3.38. The summed E-state index contributed by atoms with van der Waals surface area (Å²) in [5.74, 6) is 1.67. The number of ether oxygens (including phenoxy) is 1. The van der Waals surface area contributed by atoms with E-state index in [1.165, 1.54) is 19.1 Å². The molecular formula is C22H31IN4O3. The van der Waals surface area contributed by atoms with Gasteiger partial charge in [-0.25, -0.2) is 4.99 Å². The van der Waals surface area contributed by atoms with Gasteiger partial charge in [0.1, 0.15) is 0 Å². The summed E-state index contributed by atoms with van der Waals surface area (Å²) in [4.78, 5) is 18.8. The first-order valence-electron chi connectivity index (χ1n) is 10.2. The first kappa shape index (κ1) is 24.2. The van der Waals surface area contributed by atoms with Crippen LogP contribution in [-0.2, 0) is 11.3 Å². The summed E-state index contributed by atoms with van der Waals surface area (Å²) in [5.41, 5.74) is 1.78. The fourth-order valence-corrected chi connectivity index (χ4v) is 2.77. The number of likely N-dealkylation sites (N-methyl/N-ethyl adjacent to an activating group) is 1. The normalized spacial score (nSPS) is 13.5. The van der Waals surface area contributed by atoms with E-state index < -0.39 is 0 Å². The van der Waals surface area contributed by atoms with Crippen molar-refractivity contribution >= 4 is 41.5 Å². The number of rotatable bonds is 10. The smallest absolute Gasteiger partial charge is 0.291 e. The van der Waals surface area contributed by atoms with Crippen molar-refractivity contribution in [2.24, 2.45) is 10.9 Å². The van der Waals surface area contributed by atoms with Gasteiger partial charge in [-0.2, -0.15) is 0 Å². The van der Waals surface area contributed by atoms with Crippen LogP contribution in [0.4, 0.5) is 5.69 Å². The molecule has 7 nitrogen and oxygen atoms in total. The van der Waals surface area contributed by atoms with Crippen molar-refractivity contribution in [3.8, 4) is 0 Å². The van der Waals surface area contributed by atoms with Crippen molar-refractivity contribution < 1.29 is 13.9 Å². The van der Waals surface area contributed by atoms with Crippen LogP contribution < -0.4 is 10.6 Å². The van der Waals surface area contributed by atoms with Crippen LogP contribution in [0, 0.1) is 5.92 Å². The number of nitrogens with zero attached hydrogens (tertiary/aromatic N) is 2. The van der Waals surface area contributed by atoms with Crippen LogP contribution in [0.3, 0.4) is 0 Å². The van der Waals surface area contributed by atoms with E-state index in [1.54, 1.807) is 12.1 Å². The highest BCUT2D eigenvalue weighted by molar-refractivity contribution is 14.0. The third kappa shape index (κ3) is 7.98. The lowest BCUT2D eigenvalue weighted by atomic mass is 10.2. The van der Waals surface area contributed by atoms with Gasteiger partial charge in [-0.15, -0.1) is 24.0 Å². The summed E-state index contributed by atoms with van der Waals surface area (Å²) >= 11 is 0. The number of benzene rings is 1. The van der Waals surface area contributed by atoms with Crippen molar-refractivity contribution in [1.29, 1.82) is 0 Å². The summed E-state index contributed by atoms with van der Waals surface area (Å²) in [6.45, 7) is 5.82. The molecule has 1 fully saturated rings. The average molecular weight is 526 g/mol. The highest BCUT2D eigenvalue weighted by atomic mass is 127. The van der Waals surface area contributed by atoms with Gasteiger partial charge in [0, 0.05) is 32.4 Å². The first-order valence-corrected chi connectivity index (χ1v) is 10.2. The number of anilines is 1. The maximum absolute atomic E-state index is 12.0. The maximum atomic E-state index is 12.0. The summed E-state index contributed by atoms with van der Waals surface area (Å²) in [5, 5.41) is 6.13. The van der Waals surface area contributed by atoms with Crippen molar-refractivity contribution in [3.05, 3.63) is 54.0 Å². The predicted molar refractivity (Wildman–Crippen MR) is 130 cm³/mol. The molecule has 0 bridgehead atoms. The molecule has 0 aliphatic heterocycles. The molecule has 0 unspecified atom stereocenters. The van der Waals surface area contributed by atoms with Crippen LogP contribution in [0.25, 0.3) is 0 Å². The number of hydrogen-bond acceptors (Lipinski definition) is 4. The number of carbonyl (C=O) groups is 1. The van der Waals surface area contributed by atoms with Gasteiger partial charge in [0.2, 0.25) is 0 Å². The van der Waals surface area contributed by atoms with Crippen LogP contribution in [0.2, 0.25) is 0 Å². The molecular weight excluding hydrogens is 495 g/mol. The van der Waals surface area contributed by atoms with E-state index in [0.717, 1.165) is 42.8 Å². The molecule has 0 radical (unpaired) electrons. The summed E-state index contributed by atoms with van der Waals surface area (Å²) in [7, 11) is 2.02. The molecule has 1 aliphatic carbocycles. The Morgan fingerprint density at radius 3 is 2.67 bits per heavy atom. The predicted octanol–water partition coefficient (Wildman–Crippen LogP) is 3.97. The van der Waals surface area contributed by atoms with Gasteiger partial charge >= 0.3 is 0 Å². The molecule has 164 valence electrons. The molecule has 1 saturated carbocycles. The quantitative estimate of drug-likeness (QED) is 0.212.